The maximum atomic E-state index is 13.0. The molecule has 0 aromatic carbocycles. The van der Waals surface area contributed by atoms with Crippen molar-refractivity contribution in [2.45, 2.75) is 73.1 Å². The van der Waals surface area contributed by atoms with Gasteiger partial charge in [0.25, 0.3) is 0 Å². The van der Waals surface area contributed by atoms with E-state index in [1.165, 1.54) is 0 Å². The normalized spacial score (nSPS) is 11.9. The molecule has 0 aromatic heterocycles. The van der Waals surface area contributed by atoms with Crippen LogP contribution >= 0.6 is 0 Å². The van der Waals surface area contributed by atoms with Gasteiger partial charge in [-0.15, -0.1) is 0 Å². The molecule has 2 N–H and O–H groups in total. The van der Waals surface area contributed by atoms with E-state index in [0.29, 0.717) is 12.5 Å². The molecular weight excluding hydrogens is 248 g/mol. The lowest BCUT2D eigenvalue weighted by Gasteiger charge is -2.37. The first-order valence-electron chi connectivity index (χ1n) is 8.54. The highest BCUT2D eigenvalue weighted by molar-refractivity contribution is 5.83. The van der Waals surface area contributed by atoms with Gasteiger partial charge >= 0.3 is 0 Å². The molecule has 0 aromatic rings. The number of hydrogen-bond acceptors (Lipinski definition) is 2. The lowest BCUT2D eigenvalue weighted by atomic mass is 9.77. The zero-order valence-electron chi connectivity index (χ0n) is 14.4. The van der Waals surface area contributed by atoms with Gasteiger partial charge in [-0.05, 0) is 25.7 Å². The van der Waals surface area contributed by atoms with E-state index < -0.39 is 0 Å². The monoisotopic (exact) mass is 284 g/mol. The Morgan fingerprint density at radius 2 is 1.55 bits per heavy atom. The first-order valence-corrected chi connectivity index (χ1v) is 8.54. The van der Waals surface area contributed by atoms with Crippen molar-refractivity contribution in [3.63, 3.8) is 0 Å². The van der Waals surface area contributed by atoms with Crippen LogP contribution in [0.1, 0.15) is 73.1 Å². The van der Waals surface area contributed by atoms with E-state index in [1.54, 1.807) is 0 Å². The van der Waals surface area contributed by atoms with E-state index in [4.69, 9.17) is 5.73 Å². The van der Waals surface area contributed by atoms with Crippen LogP contribution in [-0.4, -0.2) is 30.4 Å². The predicted molar refractivity (Wildman–Crippen MR) is 87.6 cm³/mol. The van der Waals surface area contributed by atoms with Gasteiger partial charge in [-0.2, -0.15) is 0 Å². The van der Waals surface area contributed by atoms with E-state index in [9.17, 15) is 4.79 Å². The highest BCUT2D eigenvalue weighted by Crippen LogP contribution is 2.31. The Bertz CT molecular complexity index is 256. The van der Waals surface area contributed by atoms with Gasteiger partial charge in [0.05, 0.1) is 5.41 Å². The molecule has 120 valence electrons. The molecule has 0 aliphatic heterocycles. The van der Waals surface area contributed by atoms with E-state index in [2.05, 4.69) is 39.5 Å². The molecular formula is C17H36N2O. The number of nitrogens with zero attached hydrogens (tertiary/aromatic N) is 1. The topological polar surface area (TPSA) is 46.3 Å². The summed E-state index contributed by atoms with van der Waals surface area (Å²) in [5.41, 5.74) is 5.69. The number of hydrogen-bond donors (Lipinski definition) is 1. The minimum absolute atomic E-state index is 0.290. The zero-order valence-corrected chi connectivity index (χ0v) is 14.4. The summed E-state index contributed by atoms with van der Waals surface area (Å²) < 4.78 is 0. The summed E-state index contributed by atoms with van der Waals surface area (Å²) in [7, 11) is 0. The average Bonchev–Trinajstić information content (AvgIpc) is 2.47. The third-order valence-corrected chi connectivity index (χ3v) is 4.60. The highest BCUT2D eigenvalue weighted by atomic mass is 16.2. The third kappa shape index (κ3) is 5.08. The van der Waals surface area contributed by atoms with Gasteiger partial charge in [0.2, 0.25) is 5.91 Å². The molecule has 20 heavy (non-hydrogen) atoms. The molecule has 0 fully saturated rings. The second-order valence-electron chi connectivity index (χ2n) is 6.01. The van der Waals surface area contributed by atoms with Crippen LogP contribution in [0.5, 0.6) is 0 Å². The van der Waals surface area contributed by atoms with Gasteiger partial charge in [-0.25, -0.2) is 0 Å². The van der Waals surface area contributed by atoms with Crippen molar-refractivity contribution in [3.05, 3.63) is 0 Å². The van der Waals surface area contributed by atoms with Crippen LogP contribution in [0.15, 0.2) is 0 Å². The maximum Gasteiger partial charge on any atom is 0.230 e. The van der Waals surface area contributed by atoms with Crippen molar-refractivity contribution >= 4 is 5.91 Å². The van der Waals surface area contributed by atoms with E-state index in [0.717, 1.165) is 51.6 Å². The highest BCUT2D eigenvalue weighted by Gasteiger charge is 2.38. The van der Waals surface area contributed by atoms with Crippen molar-refractivity contribution in [1.29, 1.82) is 0 Å². The SMILES string of the molecule is CCCC(CN)(CCC)C(=O)N(CC)CC(CC)CC. The molecule has 0 radical (unpaired) electrons. The largest absolute Gasteiger partial charge is 0.342 e. The summed E-state index contributed by atoms with van der Waals surface area (Å²) in [6.45, 7) is 12.9. The second kappa shape index (κ2) is 10.2. The van der Waals surface area contributed by atoms with Gasteiger partial charge in [0.15, 0.2) is 0 Å². The smallest absolute Gasteiger partial charge is 0.230 e. The fourth-order valence-electron chi connectivity index (χ4n) is 3.14. The average molecular weight is 284 g/mol. The summed E-state index contributed by atoms with van der Waals surface area (Å²) in [4.78, 5) is 15.1. The molecule has 3 nitrogen and oxygen atoms in total. The van der Waals surface area contributed by atoms with E-state index in [-0.39, 0.29) is 11.3 Å². The summed E-state index contributed by atoms with van der Waals surface area (Å²) >= 11 is 0. The molecule has 0 saturated heterocycles. The number of nitrogens with two attached hydrogens (primary N) is 1. The zero-order chi connectivity index (χ0) is 15.6. The van der Waals surface area contributed by atoms with Crippen LogP contribution in [0.2, 0.25) is 0 Å². The lowest BCUT2D eigenvalue weighted by Crippen LogP contribution is -2.49. The molecule has 0 heterocycles. The van der Waals surface area contributed by atoms with Crippen molar-refractivity contribution in [2.24, 2.45) is 17.1 Å². The number of rotatable bonds is 11. The Morgan fingerprint density at radius 1 is 1.05 bits per heavy atom. The molecule has 0 atom stereocenters. The first-order chi connectivity index (χ1) is 9.54. The van der Waals surface area contributed by atoms with Crippen LogP contribution in [0.3, 0.4) is 0 Å². The van der Waals surface area contributed by atoms with Gasteiger partial charge in [-0.1, -0.05) is 53.4 Å². The number of carbonyl (C=O) groups excluding carboxylic acids is 1. The summed E-state index contributed by atoms with van der Waals surface area (Å²) in [5.74, 6) is 0.899. The minimum atomic E-state index is -0.328. The molecule has 0 aliphatic carbocycles. The van der Waals surface area contributed by atoms with Crippen LogP contribution in [0, 0.1) is 11.3 Å². The van der Waals surface area contributed by atoms with Gasteiger partial charge in [0.1, 0.15) is 0 Å². The van der Waals surface area contributed by atoms with Crippen LogP contribution in [0.25, 0.3) is 0 Å². The Kier molecular flexibility index (Phi) is 9.91. The predicted octanol–water partition coefficient (Wildman–Crippen LogP) is 3.82. The number of carbonyl (C=O) groups is 1. The molecule has 1 amide bonds. The maximum absolute atomic E-state index is 13.0. The molecule has 3 heteroatoms. The van der Waals surface area contributed by atoms with E-state index in [1.807, 2.05) is 0 Å². The van der Waals surface area contributed by atoms with Crippen LogP contribution in [-0.2, 0) is 4.79 Å². The van der Waals surface area contributed by atoms with E-state index >= 15 is 0 Å². The van der Waals surface area contributed by atoms with Gasteiger partial charge in [-0.3, -0.25) is 4.79 Å². The lowest BCUT2D eigenvalue weighted by molar-refractivity contribution is -0.143. The molecule has 0 aliphatic rings. The Hall–Kier alpha value is -0.570. The molecule has 0 unspecified atom stereocenters. The fraction of sp³-hybridized carbons (Fsp3) is 0.941. The van der Waals surface area contributed by atoms with Crippen molar-refractivity contribution < 1.29 is 4.79 Å². The third-order valence-electron chi connectivity index (χ3n) is 4.60. The van der Waals surface area contributed by atoms with Crippen molar-refractivity contribution in [3.8, 4) is 0 Å². The van der Waals surface area contributed by atoms with Crippen molar-refractivity contribution in [1.82, 2.24) is 4.90 Å². The molecule has 0 saturated carbocycles. The fourth-order valence-corrected chi connectivity index (χ4v) is 3.14. The van der Waals surface area contributed by atoms with Crippen LogP contribution in [0.4, 0.5) is 0 Å². The summed E-state index contributed by atoms with van der Waals surface area (Å²) in [5, 5.41) is 0. The quantitative estimate of drug-likeness (QED) is 0.627. The molecule has 0 spiro atoms. The Labute approximate surface area is 126 Å². The summed E-state index contributed by atoms with van der Waals surface area (Å²) in [6.07, 6.45) is 6.14. The Balaban J connectivity index is 5.07. The molecule has 0 bridgehead atoms. The summed E-state index contributed by atoms with van der Waals surface area (Å²) in [6, 6.07) is 0. The molecule has 0 rings (SSSR count). The van der Waals surface area contributed by atoms with Crippen molar-refractivity contribution in [2.75, 3.05) is 19.6 Å². The first kappa shape index (κ1) is 19.4. The second-order valence-corrected chi connectivity index (χ2v) is 6.01. The number of amides is 1. The van der Waals surface area contributed by atoms with Gasteiger partial charge < -0.3 is 10.6 Å². The Morgan fingerprint density at radius 3 is 1.85 bits per heavy atom. The van der Waals surface area contributed by atoms with Crippen LogP contribution < -0.4 is 5.73 Å². The van der Waals surface area contributed by atoms with Gasteiger partial charge in [0, 0.05) is 19.6 Å². The standard InChI is InChI=1S/C17H36N2O/c1-6-11-17(14-18,12-7-2)16(20)19(10-5)13-15(8-3)9-4/h15H,6-14,18H2,1-5H3. The minimum Gasteiger partial charge on any atom is -0.342 e.